The van der Waals surface area contributed by atoms with Crippen molar-refractivity contribution in [2.45, 2.75) is 64.0 Å². The molecule has 37 heavy (non-hydrogen) atoms. The van der Waals surface area contributed by atoms with Crippen LogP contribution in [0.25, 0.3) is 0 Å². The number of hydrogen-bond acceptors (Lipinski definition) is 4. The Morgan fingerprint density at radius 3 is 2.59 bits per heavy atom. The molecule has 3 atom stereocenters. The Kier molecular flexibility index (Phi) is 9.75. The van der Waals surface area contributed by atoms with Gasteiger partial charge in [-0.1, -0.05) is 49.0 Å². The molecule has 0 aromatic heterocycles. The zero-order valence-corrected chi connectivity index (χ0v) is 25.1. The van der Waals surface area contributed by atoms with Gasteiger partial charge in [-0.25, -0.2) is 4.79 Å². The van der Waals surface area contributed by atoms with E-state index in [0.29, 0.717) is 50.1 Å². The zero-order valence-electron chi connectivity index (χ0n) is 21.1. The van der Waals surface area contributed by atoms with Crippen LogP contribution in [-0.4, -0.2) is 64.3 Å². The van der Waals surface area contributed by atoms with Crippen molar-refractivity contribution in [1.29, 1.82) is 0 Å². The Morgan fingerprint density at radius 2 is 1.95 bits per heavy atom. The van der Waals surface area contributed by atoms with Crippen LogP contribution < -0.4 is 5.73 Å². The lowest BCUT2D eigenvalue weighted by Gasteiger charge is -2.39. The normalized spacial score (nSPS) is 25.4. The lowest BCUT2D eigenvalue weighted by atomic mass is 9.76. The molecule has 2 heterocycles. The summed E-state index contributed by atoms with van der Waals surface area (Å²) in [4.78, 5) is 32.8. The summed E-state index contributed by atoms with van der Waals surface area (Å²) in [6.07, 6.45) is 6.15. The van der Waals surface area contributed by atoms with E-state index in [1.165, 1.54) is 21.6 Å². The summed E-state index contributed by atoms with van der Waals surface area (Å²) in [6.45, 7) is 3.99. The van der Waals surface area contributed by atoms with Crippen LogP contribution in [0.2, 0.25) is 5.02 Å². The van der Waals surface area contributed by atoms with E-state index in [1.807, 2.05) is 17.2 Å². The van der Waals surface area contributed by atoms with Crippen LogP contribution in [0.3, 0.4) is 0 Å². The van der Waals surface area contributed by atoms with Crippen molar-refractivity contribution in [2.75, 3.05) is 25.0 Å². The second kappa shape index (κ2) is 12.6. The van der Waals surface area contributed by atoms with Crippen molar-refractivity contribution in [2.24, 2.45) is 22.6 Å². The molecule has 0 saturated carbocycles. The van der Waals surface area contributed by atoms with Crippen LogP contribution in [0, 0.1) is 11.8 Å². The fourth-order valence-corrected chi connectivity index (χ4v) is 7.41. The number of primary amides is 1. The number of aryl methyl sites for hydroxylation is 1. The molecule has 0 spiro atoms. The molecule has 2 fully saturated rings. The van der Waals surface area contributed by atoms with Crippen molar-refractivity contribution >= 4 is 61.6 Å². The van der Waals surface area contributed by atoms with Gasteiger partial charge in [-0.2, -0.15) is 0 Å². The molecular formula is C27H35Br2ClN4O3. The molecule has 3 unspecified atom stereocenters. The number of nitrogens with two attached hydrogens (primary N) is 1. The molecular weight excluding hydrogens is 624 g/mol. The van der Waals surface area contributed by atoms with Gasteiger partial charge >= 0.3 is 6.03 Å². The van der Waals surface area contributed by atoms with E-state index in [0.717, 1.165) is 40.9 Å². The average molecular weight is 659 g/mol. The van der Waals surface area contributed by atoms with Gasteiger partial charge in [0.15, 0.2) is 0 Å². The number of hydrogen-bond donors (Lipinski definition) is 2. The lowest BCUT2D eigenvalue weighted by Crippen LogP contribution is -2.49. The largest absolute Gasteiger partial charge is 0.373 e. The number of likely N-dealkylation sites (tertiary alicyclic amines) is 2. The number of aliphatic imine (C=N–C) groups is 1. The lowest BCUT2D eigenvalue weighted by molar-refractivity contribution is -0.134. The van der Waals surface area contributed by atoms with Crippen molar-refractivity contribution in [3.8, 4) is 0 Å². The summed E-state index contributed by atoms with van der Waals surface area (Å²) in [5.74, 6) is 0.684. The molecule has 1 aromatic carbocycles. The first-order valence-electron chi connectivity index (χ1n) is 13.0. The number of halogens is 3. The number of piperidine rings is 2. The Labute approximate surface area is 240 Å². The van der Waals surface area contributed by atoms with E-state index in [2.05, 4.69) is 44.8 Å². The summed E-state index contributed by atoms with van der Waals surface area (Å²) in [7, 11) is 0. The molecule has 1 aromatic rings. The van der Waals surface area contributed by atoms with Crippen molar-refractivity contribution in [3.63, 3.8) is 0 Å². The number of alkyl halides is 1. The van der Waals surface area contributed by atoms with Gasteiger partial charge in [-0.15, -0.1) is 0 Å². The second-order valence-corrected chi connectivity index (χ2v) is 12.3. The highest BCUT2D eigenvalue weighted by atomic mass is 79.9. The van der Waals surface area contributed by atoms with Gasteiger partial charge in [0.2, 0.25) is 5.91 Å². The van der Waals surface area contributed by atoms with Crippen molar-refractivity contribution in [1.82, 2.24) is 9.80 Å². The molecule has 4 rings (SSSR count). The Bertz CT molecular complexity index is 1090. The molecule has 0 radical (unpaired) electrons. The number of carbonyl (C=O) groups excluding carboxylic acids is 2. The van der Waals surface area contributed by atoms with Crippen LogP contribution >= 0.6 is 43.5 Å². The molecule has 3 aliphatic rings. The second-order valence-electron chi connectivity index (χ2n) is 10.4. The third kappa shape index (κ3) is 6.60. The SMILES string of the molecule is CC1=C(N=CCBr)C(C2CCN(C(=O)CC3CCN(C(N)=O)C(O)C3)CC2)c2c(Br)cc(Cl)cc2CC1. The van der Waals surface area contributed by atoms with E-state index in [1.54, 1.807) is 0 Å². The van der Waals surface area contributed by atoms with E-state index in [-0.39, 0.29) is 17.7 Å². The molecule has 1 aliphatic carbocycles. The Morgan fingerprint density at radius 1 is 1.22 bits per heavy atom. The Hall–Kier alpha value is -1.42. The fourth-order valence-electron chi connectivity index (χ4n) is 6.14. The predicted octanol–water partition coefficient (Wildman–Crippen LogP) is 5.61. The molecule has 3 N–H and O–H groups in total. The maximum Gasteiger partial charge on any atom is 0.316 e. The third-order valence-corrected chi connectivity index (χ3v) is 9.25. The minimum absolute atomic E-state index is 0.0565. The molecule has 7 nitrogen and oxygen atoms in total. The maximum absolute atomic E-state index is 13.2. The number of amides is 3. The van der Waals surface area contributed by atoms with Crippen LogP contribution in [0.4, 0.5) is 4.79 Å². The Balaban J connectivity index is 1.47. The maximum atomic E-state index is 13.2. The van der Waals surface area contributed by atoms with E-state index in [9.17, 15) is 14.7 Å². The number of carbonyl (C=O) groups is 2. The highest BCUT2D eigenvalue weighted by Gasteiger charge is 2.37. The monoisotopic (exact) mass is 656 g/mol. The first kappa shape index (κ1) is 28.6. The first-order valence-corrected chi connectivity index (χ1v) is 15.3. The van der Waals surface area contributed by atoms with Crippen LogP contribution in [0.15, 0.2) is 32.9 Å². The number of allylic oxidation sites excluding steroid dienone is 2. The summed E-state index contributed by atoms with van der Waals surface area (Å²) < 4.78 is 1.03. The smallest absolute Gasteiger partial charge is 0.316 e. The number of benzene rings is 1. The predicted molar refractivity (Wildman–Crippen MR) is 154 cm³/mol. The minimum atomic E-state index is -0.912. The summed E-state index contributed by atoms with van der Waals surface area (Å²) in [5.41, 5.74) is 10.3. The molecule has 2 saturated heterocycles. The molecule has 3 amide bonds. The zero-order chi connectivity index (χ0) is 26.7. The molecule has 202 valence electrons. The minimum Gasteiger partial charge on any atom is -0.373 e. The highest BCUT2D eigenvalue weighted by Crippen LogP contribution is 2.47. The molecule has 0 bridgehead atoms. The van der Waals surface area contributed by atoms with Crippen LogP contribution in [-0.2, 0) is 11.2 Å². The van der Waals surface area contributed by atoms with Gasteiger partial charge in [-0.05, 0) is 80.5 Å². The summed E-state index contributed by atoms with van der Waals surface area (Å²) in [6, 6.07) is 3.46. The van der Waals surface area contributed by atoms with E-state index >= 15 is 0 Å². The average Bonchev–Trinajstić information content (AvgIpc) is 2.99. The topological polar surface area (TPSA) is 99.2 Å². The van der Waals surface area contributed by atoms with Crippen LogP contribution in [0.5, 0.6) is 0 Å². The van der Waals surface area contributed by atoms with Gasteiger partial charge in [0, 0.05) is 58.7 Å². The summed E-state index contributed by atoms with van der Waals surface area (Å²) in [5, 5.41) is 11.7. The fraction of sp³-hybridized carbons (Fsp3) is 0.593. The number of aliphatic hydroxyl groups excluding tert-OH is 1. The van der Waals surface area contributed by atoms with Gasteiger partial charge in [0.1, 0.15) is 6.23 Å². The van der Waals surface area contributed by atoms with Gasteiger partial charge < -0.3 is 15.7 Å². The summed E-state index contributed by atoms with van der Waals surface area (Å²) >= 11 is 13.7. The number of aliphatic hydroxyl groups is 1. The number of rotatable bonds is 5. The molecule has 10 heteroatoms. The first-order chi connectivity index (χ1) is 17.7. The highest BCUT2D eigenvalue weighted by molar-refractivity contribution is 9.10. The van der Waals surface area contributed by atoms with Crippen molar-refractivity contribution in [3.05, 3.63) is 44.0 Å². The number of fused-ring (bicyclic) bond motifs is 1. The molecule has 2 aliphatic heterocycles. The van der Waals surface area contributed by atoms with Gasteiger partial charge in [0.25, 0.3) is 0 Å². The van der Waals surface area contributed by atoms with Crippen LogP contribution in [0.1, 0.15) is 62.5 Å². The van der Waals surface area contributed by atoms with E-state index < -0.39 is 12.3 Å². The third-order valence-electron chi connectivity index (χ3n) is 8.08. The number of urea groups is 1. The van der Waals surface area contributed by atoms with E-state index in [4.69, 9.17) is 22.3 Å². The number of nitrogens with zero attached hydrogens (tertiary/aromatic N) is 3. The standard InChI is InChI=1S/C27H35Br2ClN4O3/c1-16-2-3-19-14-20(30)15-21(29)24(19)25(26(16)32-8-7-28)18-5-9-33(10-6-18)22(35)12-17-4-11-34(27(31)37)23(36)13-17/h8,14-15,17-18,23,25,36H,2-7,9-13H2,1H3,(H2,31,37). The quantitative estimate of drug-likeness (QED) is 0.318. The van der Waals surface area contributed by atoms with Gasteiger partial charge in [-0.3, -0.25) is 14.7 Å². The van der Waals surface area contributed by atoms with Crippen molar-refractivity contribution < 1.29 is 14.7 Å². The van der Waals surface area contributed by atoms with Gasteiger partial charge in [0.05, 0.1) is 0 Å².